The number of esters is 1. The molecule has 12 heteroatoms. The Morgan fingerprint density at radius 1 is 1.23 bits per heavy atom. The molecule has 11 nitrogen and oxygen atoms in total. The predicted octanol–water partition coefficient (Wildman–Crippen LogP) is 1.85. The number of carbonyl (C=O) groups excluding carboxylic acids is 1. The lowest BCUT2D eigenvalue weighted by molar-refractivity contribution is -0.385. The van der Waals surface area contributed by atoms with Gasteiger partial charge in [-0.15, -0.1) is 0 Å². The van der Waals surface area contributed by atoms with Gasteiger partial charge in [-0.2, -0.15) is 9.41 Å². The summed E-state index contributed by atoms with van der Waals surface area (Å²) < 4.78 is 37.2. The van der Waals surface area contributed by atoms with Gasteiger partial charge < -0.3 is 9.47 Å². The summed E-state index contributed by atoms with van der Waals surface area (Å²) in [6.45, 7) is 0.799. The Kier molecular flexibility index (Phi) is 6.95. The zero-order valence-corrected chi connectivity index (χ0v) is 17.4. The molecule has 31 heavy (non-hydrogen) atoms. The summed E-state index contributed by atoms with van der Waals surface area (Å²) in [4.78, 5) is 21.7. The predicted molar refractivity (Wildman–Crippen MR) is 112 cm³/mol. The van der Waals surface area contributed by atoms with Crippen molar-refractivity contribution in [2.75, 3.05) is 38.8 Å². The van der Waals surface area contributed by atoms with Crippen LogP contribution in [0.4, 0.5) is 11.4 Å². The van der Waals surface area contributed by atoms with Crippen molar-refractivity contribution in [2.24, 2.45) is 5.10 Å². The number of carbonyl (C=O) groups is 1. The smallest absolute Gasteiger partial charge is 0.337 e. The quantitative estimate of drug-likeness (QED) is 0.293. The van der Waals surface area contributed by atoms with Gasteiger partial charge in [0.15, 0.2) is 0 Å². The van der Waals surface area contributed by atoms with Crippen molar-refractivity contribution in [2.45, 2.75) is 4.90 Å². The van der Waals surface area contributed by atoms with Crippen LogP contribution in [0.3, 0.4) is 0 Å². The van der Waals surface area contributed by atoms with Crippen LogP contribution in [0.5, 0.6) is 0 Å². The minimum Gasteiger partial charge on any atom is -0.465 e. The number of nitrogens with one attached hydrogen (secondary N) is 1. The molecule has 1 saturated heterocycles. The fourth-order valence-electron chi connectivity index (χ4n) is 2.86. The lowest BCUT2D eigenvalue weighted by Crippen LogP contribution is -2.40. The monoisotopic (exact) mass is 448 g/mol. The van der Waals surface area contributed by atoms with Gasteiger partial charge in [0, 0.05) is 25.2 Å². The van der Waals surface area contributed by atoms with Crippen molar-refractivity contribution >= 4 is 33.6 Å². The van der Waals surface area contributed by atoms with Gasteiger partial charge in [-0.1, -0.05) is 12.1 Å². The number of nitrogens with zero attached hydrogens (tertiary/aromatic N) is 3. The number of hydrazone groups is 1. The van der Waals surface area contributed by atoms with Crippen molar-refractivity contribution in [3.8, 4) is 0 Å². The maximum Gasteiger partial charge on any atom is 0.337 e. The van der Waals surface area contributed by atoms with E-state index in [1.165, 1.54) is 29.8 Å². The topological polar surface area (TPSA) is 140 Å². The molecule has 0 aromatic heterocycles. The molecule has 1 aliphatic heterocycles. The summed E-state index contributed by atoms with van der Waals surface area (Å²) >= 11 is 0. The van der Waals surface area contributed by atoms with Gasteiger partial charge >= 0.3 is 5.97 Å². The number of benzene rings is 2. The van der Waals surface area contributed by atoms with Gasteiger partial charge in [0.1, 0.15) is 4.90 Å². The van der Waals surface area contributed by atoms with Gasteiger partial charge in [0.25, 0.3) is 5.69 Å². The number of nitro groups is 1. The van der Waals surface area contributed by atoms with Crippen LogP contribution in [-0.2, 0) is 19.5 Å². The third kappa shape index (κ3) is 5.23. The van der Waals surface area contributed by atoms with E-state index in [4.69, 9.17) is 4.74 Å². The molecule has 0 amide bonds. The first-order chi connectivity index (χ1) is 14.8. The first-order valence-corrected chi connectivity index (χ1v) is 10.6. The lowest BCUT2D eigenvalue weighted by atomic mass is 10.1. The zero-order valence-electron chi connectivity index (χ0n) is 16.6. The van der Waals surface area contributed by atoms with Crippen molar-refractivity contribution < 1.29 is 27.6 Å². The van der Waals surface area contributed by atoms with Gasteiger partial charge in [-0.3, -0.25) is 15.5 Å². The maximum absolute atomic E-state index is 13.1. The van der Waals surface area contributed by atoms with Crippen molar-refractivity contribution in [1.82, 2.24) is 4.31 Å². The van der Waals surface area contributed by atoms with Crippen LogP contribution in [0.15, 0.2) is 52.5 Å². The Morgan fingerprint density at radius 3 is 2.52 bits per heavy atom. The van der Waals surface area contributed by atoms with Crippen LogP contribution in [0.1, 0.15) is 15.9 Å². The van der Waals surface area contributed by atoms with Gasteiger partial charge in [-0.05, 0) is 23.8 Å². The molecule has 0 bridgehead atoms. The number of morpholine rings is 1. The van der Waals surface area contributed by atoms with Crippen molar-refractivity contribution in [3.05, 3.63) is 63.7 Å². The Morgan fingerprint density at radius 2 is 1.90 bits per heavy atom. The van der Waals surface area contributed by atoms with E-state index in [9.17, 15) is 23.3 Å². The highest BCUT2D eigenvalue weighted by Crippen LogP contribution is 2.29. The first kappa shape index (κ1) is 22.3. The molecule has 1 heterocycles. The Bertz CT molecular complexity index is 1090. The van der Waals surface area contributed by atoms with Crippen LogP contribution >= 0.6 is 0 Å². The number of ether oxygens (including phenoxy) is 2. The average Bonchev–Trinajstić information content (AvgIpc) is 2.79. The molecule has 2 aromatic rings. The third-order valence-electron chi connectivity index (χ3n) is 4.49. The molecular formula is C19H20N4O7S. The van der Waals surface area contributed by atoms with E-state index in [-0.39, 0.29) is 42.6 Å². The number of non-ortho nitro benzene ring substituents is 1. The van der Waals surface area contributed by atoms with Crippen LogP contribution < -0.4 is 5.43 Å². The molecule has 0 radical (unpaired) electrons. The molecule has 1 N–H and O–H groups in total. The van der Waals surface area contributed by atoms with E-state index in [0.29, 0.717) is 11.1 Å². The second-order valence-electron chi connectivity index (χ2n) is 6.44. The number of hydrogen-bond acceptors (Lipinski definition) is 9. The molecule has 0 unspecified atom stereocenters. The molecule has 164 valence electrons. The van der Waals surface area contributed by atoms with Crippen LogP contribution in [0, 0.1) is 10.1 Å². The van der Waals surface area contributed by atoms with Crippen molar-refractivity contribution in [3.63, 3.8) is 0 Å². The van der Waals surface area contributed by atoms with E-state index in [1.807, 2.05) is 0 Å². The summed E-state index contributed by atoms with van der Waals surface area (Å²) in [6.07, 6.45) is 1.42. The normalized spacial score (nSPS) is 15.0. The largest absolute Gasteiger partial charge is 0.465 e. The van der Waals surface area contributed by atoms with Crippen LogP contribution in [-0.4, -0.2) is 63.2 Å². The Balaban J connectivity index is 1.86. The van der Waals surface area contributed by atoms with E-state index in [1.54, 1.807) is 24.3 Å². The number of anilines is 1. The molecule has 3 rings (SSSR count). The highest BCUT2D eigenvalue weighted by Gasteiger charge is 2.30. The summed E-state index contributed by atoms with van der Waals surface area (Å²) in [6, 6.07) is 9.90. The summed E-state index contributed by atoms with van der Waals surface area (Å²) in [7, 11) is -2.71. The van der Waals surface area contributed by atoms with E-state index >= 15 is 0 Å². The molecule has 0 saturated carbocycles. The zero-order chi connectivity index (χ0) is 22.4. The molecule has 0 spiro atoms. The number of rotatable bonds is 7. The van der Waals surface area contributed by atoms with Gasteiger partial charge in [-0.25, -0.2) is 13.2 Å². The second kappa shape index (κ2) is 9.64. The maximum atomic E-state index is 13.1. The van der Waals surface area contributed by atoms with E-state index < -0.39 is 20.9 Å². The first-order valence-electron chi connectivity index (χ1n) is 9.16. The lowest BCUT2D eigenvalue weighted by Gasteiger charge is -2.26. The molecule has 1 aliphatic rings. The van der Waals surface area contributed by atoms with Crippen LogP contribution in [0.25, 0.3) is 0 Å². The average molecular weight is 448 g/mol. The second-order valence-corrected chi connectivity index (χ2v) is 8.34. The summed E-state index contributed by atoms with van der Waals surface area (Å²) in [5, 5.41) is 15.2. The van der Waals surface area contributed by atoms with Gasteiger partial charge in [0.2, 0.25) is 10.0 Å². The molecule has 1 fully saturated rings. The van der Waals surface area contributed by atoms with E-state index in [2.05, 4.69) is 15.3 Å². The molecule has 0 aliphatic carbocycles. The number of sulfonamides is 1. The number of methoxy groups -OCH3 is 1. The highest BCUT2D eigenvalue weighted by molar-refractivity contribution is 7.89. The number of hydrogen-bond donors (Lipinski definition) is 1. The highest BCUT2D eigenvalue weighted by atomic mass is 32.2. The Labute approximate surface area is 178 Å². The summed E-state index contributed by atoms with van der Waals surface area (Å²) in [5.41, 5.74) is 3.40. The van der Waals surface area contributed by atoms with Crippen LogP contribution in [0.2, 0.25) is 0 Å². The van der Waals surface area contributed by atoms with E-state index in [0.717, 1.165) is 6.07 Å². The Hall–Kier alpha value is -3.35. The molecule has 2 aromatic carbocycles. The third-order valence-corrected chi connectivity index (χ3v) is 6.43. The number of nitro benzene ring substituents is 1. The SMILES string of the molecule is COC(=O)c1ccc(/C=N/Nc2ccc([N+](=O)[O-])cc2S(=O)(=O)N2CCOCC2)cc1. The fourth-order valence-corrected chi connectivity index (χ4v) is 4.43. The van der Waals surface area contributed by atoms with Gasteiger partial charge in [0.05, 0.1) is 42.7 Å². The van der Waals surface area contributed by atoms with Crippen molar-refractivity contribution in [1.29, 1.82) is 0 Å². The molecular weight excluding hydrogens is 428 g/mol. The minimum atomic E-state index is -4.00. The molecule has 0 atom stereocenters. The standard InChI is InChI=1S/C19H20N4O7S/c1-29-19(24)15-4-2-14(3-5-15)13-20-21-17-7-6-16(23(25)26)12-18(17)31(27,28)22-8-10-30-11-9-22/h2-7,12-13,21H,8-11H2,1H3/b20-13+. The minimum absolute atomic E-state index is 0.0968. The fraction of sp³-hybridized carbons (Fsp3) is 0.263. The summed E-state index contributed by atoms with van der Waals surface area (Å²) in [5.74, 6) is -0.467.